The van der Waals surface area contributed by atoms with E-state index in [1.165, 1.54) is 10.6 Å². The van der Waals surface area contributed by atoms with Gasteiger partial charge in [-0.3, -0.25) is 0 Å². The molecule has 0 bridgehead atoms. The summed E-state index contributed by atoms with van der Waals surface area (Å²) in [7, 11) is 0. The minimum Gasteiger partial charge on any atom is -0.462 e. The molecule has 1 fully saturated rings. The highest BCUT2D eigenvalue weighted by Crippen LogP contribution is 2.37. The zero-order valence-electron chi connectivity index (χ0n) is 15.2. The summed E-state index contributed by atoms with van der Waals surface area (Å²) < 4.78 is 34.4. The van der Waals surface area contributed by atoms with Crippen LogP contribution >= 0.6 is 0 Å². The van der Waals surface area contributed by atoms with Crippen LogP contribution in [0.4, 0.5) is 20.4 Å². The fourth-order valence-electron chi connectivity index (χ4n) is 3.63. The molecule has 2 aromatic heterocycles. The first kappa shape index (κ1) is 18.1. The number of esters is 1. The van der Waals surface area contributed by atoms with E-state index in [2.05, 4.69) is 10.1 Å². The third kappa shape index (κ3) is 3.02. The molecule has 1 saturated heterocycles. The molecular formula is C19H19F2N5O2. The fraction of sp³-hybridized carbons (Fsp3) is 0.316. The smallest absolute Gasteiger partial charge is 0.345 e. The SMILES string of the molecule is CCOC(=O)c1c(N)nn2ccc(N3CCC[C@@H]3c3cc(F)ccc3F)nc12. The Bertz CT molecular complexity index is 1050. The van der Waals surface area contributed by atoms with E-state index in [9.17, 15) is 13.6 Å². The van der Waals surface area contributed by atoms with E-state index in [0.717, 1.165) is 18.6 Å². The van der Waals surface area contributed by atoms with Gasteiger partial charge in [0.1, 0.15) is 23.0 Å². The Kier molecular flexibility index (Phi) is 4.58. The summed E-state index contributed by atoms with van der Waals surface area (Å²) in [4.78, 5) is 18.7. The summed E-state index contributed by atoms with van der Waals surface area (Å²) in [6.07, 6.45) is 3.10. The lowest BCUT2D eigenvalue weighted by Crippen LogP contribution is -2.24. The molecule has 1 aromatic carbocycles. The van der Waals surface area contributed by atoms with Crippen molar-refractivity contribution in [3.8, 4) is 0 Å². The van der Waals surface area contributed by atoms with Crippen LogP contribution < -0.4 is 10.6 Å². The standard InChI is InChI=1S/C19H19F2N5O2/c1-2-28-19(27)16-17(22)24-26-9-7-15(23-18(16)26)25-8-3-4-14(25)12-10-11(20)5-6-13(12)21/h5-7,9-10,14H,2-4,8H2,1H3,(H2,22,24)/t14-/m1/s1. The number of nitrogens with two attached hydrogens (primary N) is 1. The van der Waals surface area contributed by atoms with Crippen molar-refractivity contribution < 1.29 is 18.3 Å². The minimum atomic E-state index is -0.603. The topological polar surface area (TPSA) is 85.8 Å². The van der Waals surface area contributed by atoms with Gasteiger partial charge in [0.2, 0.25) is 0 Å². The lowest BCUT2D eigenvalue weighted by Gasteiger charge is -2.26. The Labute approximate surface area is 159 Å². The first-order valence-corrected chi connectivity index (χ1v) is 9.03. The lowest BCUT2D eigenvalue weighted by atomic mass is 10.0. The van der Waals surface area contributed by atoms with E-state index in [1.807, 2.05) is 4.90 Å². The molecule has 1 aliphatic heterocycles. The Hall–Kier alpha value is -3.23. The van der Waals surface area contributed by atoms with E-state index in [1.54, 1.807) is 19.2 Å². The summed E-state index contributed by atoms with van der Waals surface area (Å²) in [5.41, 5.74) is 6.51. The minimum absolute atomic E-state index is 0.0252. The lowest BCUT2D eigenvalue weighted by molar-refractivity contribution is 0.0529. The largest absolute Gasteiger partial charge is 0.462 e. The van der Waals surface area contributed by atoms with Crippen LogP contribution in [0.25, 0.3) is 5.65 Å². The predicted molar refractivity (Wildman–Crippen MR) is 99.0 cm³/mol. The number of hydrogen-bond acceptors (Lipinski definition) is 6. The number of aromatic nitrogens is 3. The van der Waals surface area contributed by atoms with Crippen molar-refractivity contribution in [1.29, 1.82) is 0 Å². The quantitative estimate of drug-likeness (QED) is 0.693. The third-order valence-electron chi connectivity index (χ3n) is 4.84. The Morgan fingerprint density at radius 2 is 2.18 bits per heavy atom. The van der Waals surface area contributed by atoms with Gasteiger partial charge < -0.3 is 15.4 Å². The first-order valence-electron chi connectivity index (χ1n) is 9.03. The first-order chi connectivity index (χ1) is 13.5. The van der Waals surface area contributed by atoms with Crippen LogP contribution in [-0.2, 0) is 4.74 Å². The van der Waals surface area contributed by atoms with Crippen LogP contribution in [0.2, 0.25) is 0 Å². The third-order valence-corrected chi connectivity index (χ3v) is 4.84. The predicted octanol–water partition coefficient (Wildman–Crippen LogP) is 3.11. The van der Waals surface area contributed by atoms with Gasteiger partial charge in [-0.05, 0) is 44.0 Å². The number of fused-ring (bicyclic) bond motifs is 1. The van der Waals surface area contributed by atoms with Crippen LogP contribution in [0.3, 0.4) is 0 Å². The van der Waals surface area contributed by atoms with E-state index in [-0.39, 0.29) is 35.2 Å². The fourth-order valence-corrected chi connectivity index (χ4v) is 3.63. The number of anilines is 2. The van der Waals surface area contributed by atoms with Crippen molar-refractivity contribution in [2.45, 2.75) is 25.8 Å². The molecule has 3 aromatic rings. The molecule has 1 atom stereocenters. The number of rotatable bonds is 4. The van der Waals surface area contributed by atoms with E-state index in [4.69, 9.17) is 10.5 Å². The average molecular weight is 387 g/mol. The van der Waals surface area contributed by atoms with Gasteiger partial charge in [-0.25, -0.2) is 23.1 Å². The summed E-state index contributed by atoms with van der Waals surface area (Å²) in [5, 5.41) is 4.09. The van der Waals surface area contributed by atoms with Gasteiger partial charge in [0, 0.05) is 18.3 Å². The van der Waals surface area contributed by atoms with Gasteiger partial charge in [0.15, 0.2) is 11.5 Å². The highest BCUT2D eigenvalue weighted by Gasteiger charge is 2.30. The Morgan fingerprint density at radius 1 is 1.36 bits per heavy atom. The molecule has 0 spiro atoms. The van der Waals surface area contributed by atoms with Crippen molar-refractivity contribution in [2.75, 3.05) is 23.8 Å². The summed E-state index contributed by atoms with van der Waals surface area (Å²) >= 11 is 0. The molecule has 0 amide bonds. The molecule has 9 heteroatoms. The van der Waals surface area contributed by atoms with E-state index in [0.29, 0.717) is 18.8 Å². The molecule has 2 N–H and O–H groups in total. The molecule has 4 rings (SSSR count). The van der Waals surface area contributed by atoms with Crippen molar-refractivity contribution >= 4 is 23.3 Å². The van der Waals surface area contributed by atoms with Crippen LogP contribution in [0.1, 0.15) is 41.7 Å². The molecule has 7 nitrogen and oxygen atoms in total. The Morgan fingerprint density at radius 3 is 2.96 bits per heavy atom. The summed E-state index contributed by atoms with van der Waals surface area (Å²) in [6, 6.07) is 4.82. The average Bonchev–Trinajstić information content (AvgIpc) is 3.27. The normalized spacial score (nSPS) is 16.7. The monoisotopic (exact) mass is 387 g/mol. The van der Waals surface area contributed by atoms with Crippen LogP contribution in [-0.4, -0.2) is 33.7 Å². The van der Waals surface area contributed by atoms with Gasteiger partial charge in [0.25, 0.3) is 0 Å². The Balaban J connectivity index is 1.77. The summed E-state index contributed by atoms with van der Waals surface area (Å²) in [5.74, 6) is -0.991. The molecule has 3 heterocycles. The second-order valence-corrected chi connectivity index (χ2v) is 6.55. The van der Waals surface area contributed by atoms with Crippen molar-refractivity contribution in [1.82, 2.24) is 14.6 Å². The molecule has 146 valence electrons. The number of nitrogens with zero attached hydrogens (tertiary/aromatic N) is 4. The molecular weight excluding hydrogens is 368 g/mol. The number of carbonyl (C=O) groups excluding carboxylic acids is 1. The van der Waals surface area contributed by atoms with E-state index < -0.39 is 17.6 Å². The number of ether oxygens (including phenoxy) is 1. The zero-order chi connectivity index (χ0) is 19.8. The van der Waals surface area contributed by atoms with Gasteiger partial charge in [-0.1, -0.05) is 0 Å². The maximum Gasteiger partial charge on any atom is 0.345 e. The maximum atomic E-state index is 14.3. The number of carbonyl (C=O) groups is 1. The number of halogens is 2. The van der Waals surface area contributed by atoms with Crippen molar-refractivity contribution in [2.24, 2.45) is 0 Å². The van der Waals surface area contributed by atoms with Crippen molar-refractivity contribution in [3.63, 3.8) is 0 Å². The zero-order valence-corrected chi connectivity index (χ0v) is 15.2. The molecule has 28 heavy (non-hydrogen) atoms. The second kappa shape index (κ2) is 7.06. The van der Waals surface area contributed by atoms with E-state index >= 15 is 0 Å². The van der Waals surface area contributed by atoms with Crippen LogP contribution in [0, 0.1) is 11.6 Å². The van der Waals surface area contributed by atoms with Gasteiger partial charge >= 0.3 is 5.97 Å². The number of hydrogen-bond donors (Lipinski definition) is 1. The highest BCUT2D eigenvalue weighted by atomic mass is 19.1. The highest BCUT2D eigenvalue weighted by molar-refractivity contribution is 6.00. The van der Waals surface area contributed by atoms with Crippen LogP contribution in [0.15, 0.2) is 30.5 Å². The molecule has 0 radical (unpaired) electrons. The van der Waals surface area contributed by atoms with Gasteiger partial charge in [-0.2, -0.15) is 0 Å². The second-order valence-electron chi connectivity index (χ2n) is 6.55. The van der Waals surface area contributed by atoms with Gasteiger partial charge in [0.05, 0.1) is 12.6 Å². The molecule has 0 saturated carbocycles. The number of nitrogen functional groups attached to an aromatic ring is 1. The maximum absolute atomic E-state index is 14.3. The summed E-state index contributed by atoms with van der Waals surface area (Å²) in [6.45, 7) is 2.52. The molecule has 0 aliphatic carbocycles. The van der Waals surface area contributed by atoms with Gasteiger partial charge in [-0.15, -0.1) is 5.10 Å². The van der Waals surface area contributed by atoms with Crippen LogP contribution in [0.5, 0.6) is 0 Å². The number of benzene rings is 1. The van der Waals surface area contributed by atoms with Crippen molar-refractivity contribution in [3.05, 3.63) is 53.2 Å². The molecule has 0 unspecified atom stereocenters. The molecule has 1 aliphatic rings.